The normalized spacial score (nSPS) is 10.3. The summed E-state index contributed by atoms with van der Waals surface area (Å²) >= 11 is 0. The molecule has 6 heavy (non-hydrogen) atoms. The Morgan fingerprint density at radius 2 is 2.50 bits per heavy atom. The highest BCUT2D eigenvalue weighted by molar-refractivity contribution is 5.56. The second-order valence-corrected chi connectivity index (χ2v) is 0.956. The van der Waals surface area contributed by atoms with Crippen LogP contribution in [-0.4, -0.2) is 12.9 Å². The molecule has 36 valence electrons. The van der Waals surface area contributed by atoms with E-state index >= 15 is 0 Å². The highest BCUT2D eigenvalue weighted by Crippen LogP contribution is 1.63. The van der Waals surface area contributed by atoms with Crippen molar-refractivity contribution in [2.75, 3.05) is 6.67 Å². The lowest BCUT2D eigenvalue weighted by atomic mass is 10.5. The lowest BCUT2D eigenvalue weighted by Gasteiger charge is -1.74. The molecule has 0 atom stereocenters. The van der Waals surface area contributed by atoms with Crippen LogP contribution >= 0.6 is 0 Å². The summed E-state index contributed by atoms with van der Waals surface area (Å²) in [4.78, 5) is 3.74. The van der Waals surface area contributed by atoms with Crippen molar-refractivity contribution in [3.8, 4) is 0 Å². The topological polar surface area (TPSA) is 38.4 Å². The third kappa shape index (κ3) is 3.63. The van der Waals surface area contributed by atoms with Crippen LogP contribution in [0.15, 0.2) is 4.99 Å². The van der Waals surface area contributed by atoms with Crippen LogP contribution in [0.4, 0.5) is 0 Å². The van der Waals surface area contributed by atoms with Gasteiger partial charge in [-0.3, -0.25) is 4.99 Å². The van der Waals surface area contributed by atoms with Crippen molar-refractivity contribution in [2.24, 2.45) is 10.7 Å². The minimum absolute atomic E-state index is 0.424. The molecule has 0 aromatic heterocycles. The molecule has 0 saturated carbocycles. The summed E-state index contributed by atoms with van der Waals surface area (Å²) in [6.45, 7) is 2.45. The Balaban J connectivity index is 2.73. The molecule has 0 aromatic carbocycles. The molecule has 0 spiro atoms. The summed E-state index contributed by atoms with van der Waals surface area (Å²) in [6, 6.07) is 0. The Morgan fingerprint density at radius 3 is 2.67 bits per heavy atom. The van der Waals surface area contributed by atoms with Crippen LogP contribution in [0.3, 0.4) is 0 Å². The van der Waals surface area contributed by atoms with E-state index in [0.29, 0.717) is 6.67 Å². The molecule has 0 aliphatic rings. The molecule has 0 aliphatic carbocycles. The number of aliphatic imine (C=N–C) groups is 1. The van der Waals surface area contributed by atoms with Gasteiger partial charge in [0.1, 0.15) is 0 Å². The third-order valence-electron chi connectivity index (χ3n) is 0.417. The SMILES string of the molecule is CC/C=N\CN. The first-order valence-electron chi connectivity index (χ1n) is 2.10. The van der Waals surface area contributed by atoms with Crippen LogP contribution in [0.5, 0.6) is 0 Å². The summed E-state index contributed by atoms with van der Waals surface area (Å²) < 4.78 is 0. The molecule has 0 aromatic rings. The van der Waals surface area contributed by atoms with E-state index in [1.165, 1.54) is 0 Å². The van der Waals surface area contributed by atoms with Crippen LogP contribution in [0.2, 0.25) is 0 Å². The fraction of sp³-hybridized carbons (Fsp3) is 0.750. The van der Waals surface area contributed by atoms with Gasteiger partial charge in [0.15, 0.2) is 0 Å². The molecule has 0 radical (unpaired) electrons. The Hall–Kier alpha value is -0.370. The lowest BCUT2D eigenvalue weighted by Crippen LogP contribution is -1.92. The van der Waals surface area contributed by atoms with Crippen molar-refractivity contribution < 1.29 is 0 Å². The highest BCUT2D eigenvalue weighted by Gasteiger charge is 1.59. The molecule has 0 unspecified atom stereocenters. The van der Waals surface area contributed by atoms with E-state index in [-0.39, 0.29) is 0 Å². The molecule has 2 nitrogen and oxygen atoms in total. The maximum absolute atomic E-state index is 5.02. The van der Waals surface area contributed by atoms with Gasteiger partial charge in [0.05, 0.1) is 6.67 Å². The maximum atomic E-state index is 5.02. The quantitative estimate of drug-likeness (QED) is 0.485. The monoisotopic (exact) mass is 86.1 g/mol. The minimum Gasteiger partial charge on any atom is -0.312 e. The van der Waals surface area contributed by atoms with E-state index in [4.69, 9.17) is 5.73 Å². The fourth-order valence-electron chi connectivity index (χ4n) is 0.204. The molecule has 0 saturated heterocycles. The predicted octanol–water partition coefficient (Wildman–Crippen LogP) is 0.383. The van der Waals surface area contributed by atoms with Gasteiger partial charge in [-0.25, -0.2) is 0 Å². The number of hydrogen-bond acceptors (Lipinski definition) is 2. The third-order valence-corrected chi connectivity index (χ3v) is 0.417. The van der Waals surface area contributed by atoms with E-state index in [0.717, 1.165) is 6.42 Å². The van der Waals surface area contributed by atoms with Crippen molar-refractivity contribution in [3.63, 3.8) is 0 Å². The summed E-state index contributed by atoms with van der Waals surface area (Å²) in [5.41, 5.74) is 5.02. The zero-order valence-corrected chi connectivity index (χ0v) is 4.02. The molecule has 0 bridgehead atoms. The van der Waals surface area contributed by atoms with Gasteiger partial charge in [-0.05, 0) is 12.6 Å². The van der Waals surface area contributed by atoms with E-state index in [2.05, 4.69) is 4.99 Å². The average Bonchev–Trinajstić information content (AvgIpc) is 1.61. The first-order valence-corrected chi connectivity index (χ1v) is 2.10. The molecular formula is C4H10N2. The summed E-state index contributed by atoms with van der Waals surface area (Å²) in [5.74, 6) is 0. The molecule has 0 rings (SSSR count). The molecule has 0 heterocycles. The van der Waals surface area contributed by atoms with E-state index in [1.54, 1.807) is 6.21 Å². The smallest absolute Gasteiger partial charge is 0.0855 e. The van der Waals surface area contributed by atoms with E-state index in [9.17, 15) is 0 Å². The van der Waals surface area contributed by atoms with Crippen LogP contribution < -0.4 is 5.73 Å². The van der Waals surface area contributed by atoms with Crippen molar-refractivity contribution in [1.29, 1.82) is 0 Å². The van der Waals surface area contributed by atoms with Crippen molar-refractivity contribution in [1.82, 2.24) is 0 Å². The molecule has 0 aliphatic heterocycles. The summed E-state index contributed by atoms with van der Waals surface area (Å²) in [7, 11) is 0. The molecule has 0 fully saturated rings. The number of nitrogens with two attached hydrogens (primary N) is 1. The highest BCUT2D eigenvalue weighted by atomic mass is 14.8. The van der Waals surface area contributed by atoms with Gasteiger partial charge in [0, 0.05) is 0 Å². The van der Waals surface area contributed by atoms with Crippen LogP contribution in [-0.2, 0) is 0 Å². The fourth-order valence-corrected chi connectivity index (χ4v) is 0.204. The lowest BCUT2D eigenvalue weighted by molar-refractivity contribution is 1.06. The number of rotatable bonds is 2. The van der Waals surface area contributed by atoms with Gasteiger partial charge in [0.2, 0.25) is 0 Å². The van der Waals surface area contributed by atoms with Gasteiger partial charge in [-0.2, -0.15) is 0 Å². The minimum atomic E-state index is 0.424. The predicted molar refractivity (Wildman–Crippen MR) is 27.8 cm³/mol. The molecular weight excluding hydrogens is 76.1 g/mol. The average molecular weight is 86.1 g/mol. The second kappa shape index (κ2) is 4.63. The van der Waals surface area contributed by atoms with Gasteiger partial charge >= 0.3 is 0 Å². The van der Waals surface area contributed by atoms with Gasteiger partial charge in [-0.1, -0.05) is 6.92 Å². The first kappa shape index (κ1) is 5.63. The molecule has 2 heteroatoms. The van der Waals surface area contributed by atoms with Crippen LogP contribution in [0.25, 0.3) is 0 Å². The summed E-state index contributed by atoms with van der Waals surface area (Å²) in [5, 5.41) is 0. The van der Waals surface area contributed by atoms with Crippen molar-refractivity contribution in [3.05, 3.63) is 0 Å². The summed E-state index contributed by atoms with van der Waals surface area (Å²) in [6.07, 6.45) is 2.79. The second-order valence-electron chi connectivity index (χ2n) is 0.956. The number of nitrogens with zero attached hydrogens (tertiary/aromatic N) is 1. The van der Waals surface area contributed by atoms with Crippen LogP contribution in [0, 0.1) is 0 Å². The van der Waals surface area contributed by atoms with Crippen LogP contribution in [0.1, 0.15) is 13.3 Å². The van der Waals surface area contributed by atoms with Crippen molar-refractivity contribution in [2.45, 2.75) is 13.3 Å². The first-order chi connectivity index (χ1) is 2.91. The van der Waals surface area contributed by atoms with Gasteiger partial charge in [-0.15, -0.1) is 0 Å². The zero-order valence-electron chi connectivity index (χ0n) is 4.02. The maximum Gasteiger partial charge on any atom is 0.0855 e. The Kier molecular flexibility index (Phi) is 4.34. The zero-order chi connectivity index (χ0) is 4.83. The Labute approximate surface area is 38.1 Å². The Bertz CT molecular complexity index is 34.8. The number of hydrogen-bond donors (Lipinski definition) is 1. The molecule has 0 amide bonds. The standard InChI is InChI=1S/C4H10N2/c1-2-3-6-4-5/h3H,2,4-5H2,1H3/b6-3-. The Morgan fingerprint density at radius 1 is 1.83 bits per heavy atom. The van der Waals surface area contributed by atoms with Crippen molar-refractivity contribution >= 4 is 6.21 Å². The van der Waals surface area contributed by atoms with Gasteiger partial charge < -0.3 is 5.73 Å². The molecule has 2 N–H and O–H groups in total. The van der Waals surface area contributed by atoms with E-state index in [1.807, 2.05) is 6.92 Å². The largest absolute Gasteiger partial charge is 0.312 e. The van der Waals surface area contributed by atoms with E-state index < -0.39 is 0 Å². The van der Waals surface area contributed by atoms with Gasteiger partial charge in [0.25, 0.3) is 0 Å².